The number of rotatable bonds is 5. The molecule has 1 saturated heterocycles. The molecule has 0 aliphatic carbocycles. The van der Waals surface area contributed by atoms with Crippen LogP contribution >= 0.6 is 0 Å². The Hall–Kier alpha value is -3.55. The predicted molar refractivity (Wildman–Crippen MR) is 120 cm³/mol. The Morgan fingerprint density at radius 2 is 1.69 bits per heavy atom. The van der Waals surface area contributed by atoms with E-state index in [0.717, 1.165) is 17.4 Å². The standard InChI is InChI=1S/C24H25F2N5O/c1-16-3-7-20(8-4-16)28-22-13-17(2)27-24(29-22)31-11-9-30(10-12-31)23(32)14-18-5-6-19(25)15-21(18)26/h3-8,13,15H,9-12,14H2,1-2H3,(H,27,28,29). The van der Waals surface area contributed by atoms with Crippen LogP contribution < -0.4 is 10.2 Å². The first-order valence-corrected chi connectivity index (χ1v) is 10.5. The molecule has 0 bridgehead atoms. The lowest BCUT2D eigenvalue weighted by Crippen LogP contribution is -2.49. The first-order chi connectivity index (χ1) is 15.4. The van der Waals surface area contributed by atoms with Crippen molar-refractivity contribution in [3.63, 3.8) is 0 Å². The molecule has 2 aromatic carbocycles. The molecule has 1 aromatic heterocycles. The van der Waals surface area contributed by atoms with E-state index in [-0.39, 0.29) is 17.9 Å². The summed E-state index contributed by atoms with van der Waals surface area (Å²) >= 11 is 0. The average molecular weight is 437 g/mol. The summed E-state index contributed by atoms with van der Waals surface area (Å²) in [6.07, 6.45) is -0.0856. The van der Waals surface area contributed by atoms with Crippen LogP contribution in [0, 0.1) is 25.5 Å². The Kier molecular flexibility index (Phi) is 6.30. The van der Waals surface area contributed by atoms with E-state index in [2.05, 4.69) is 15.3 Å². The van der Waals surface area contributed by atoms with Crippen molar-refractivity contribution in [2.75, 3.05) is 36.4 Å². The van der Waals surface area contributed by atoms with E-state index in [1.165, 1.54) is 17.7 Å². The molecule has 8 heteroatoms. The first-order valence-electron chi connectivity index (χ1n) is 10.5. The normalized spacial score (nSPS) is 13.9. The molecule has 0 saturated carbocycles. The number of piperazine rings is 1. The van der Waals surface area contributed by atoms with Crippen molar-refractivity contribution in [3.8, 4) is 0 Å². The minimum atomic E-state index is -0.696. The molecule has 0 unspecified atom stereocenters. The quantitative estimate of drug-likeness (QED) is 0.654. The Balaban J connectivity index is 1.38. The van der Waals surface area contributed by atoms with Crippen LogP contribution in [0.2, 0.25) is 0 Å². The summed E-state index contributed by atoms with van der Waals surface area (Å²) in [6.45, 7) is 6.08. The van der Waals surface area contributed by atoms with Crippen LogP contribution in [-0.4, -0.2) is 47.0 Å². The maximum absolute atomic E-state index is 13.9. The number of nitrogens with one attached hydrogen (secondary N) is 1. The fourth-order valence-corrected chi connectivity index (χ4v) is 3.64. The zero-order chi connectivity index (χ0) is 22.7. The molecule has 0 radical (unpaired) electrons. The van der Waals surface area contributed by atoms with E-state index >= 15 is 0 Å². The SMILES string of the molecule is Cc1ccc(Nc2cc(C)nc(N3CCN(C(=O)Cc4ccc(F)cc4F)CC3)n2)cc1. The van der Waals surface area contributed by atoms with Crippen molar-refractivity contribution >= 4 is 23.4 Å². The highest BCUT2D eigenvalue weighted by Crippen LogP contribution is 2.20. The molecule has 1 N–H and O–H groups in total. The summed E-state index contributed by atoms with van der Waals surface area (Å²) in [5.74, 6) is -0.208. The van der Waals surface area contributed by atoms with Crippen LogP contribution in [-0.2, 0) is 11.2 Å². The molecule has 4 rings (SSSR count). The molecular formula is C24H25F2N5O. The van der Waals surface area contributed by atoms with Crippen molar-refractivity contribution in [1.82, 2.24) is 14.9 Å². The summed E-state index contributed by atoms with van der Waals surface area (Å²) in [5.41, 5.74) is 3.18. The summed E-state index contributed by atoms with van der Waals surface area (Å²) in [6, 6.07) is 13.2. The largest absolute Gasteiger partial charge is 0.340 e. The van der Waals surface area contributed by atoms with Crippen molar-refractivity contribution in [3.05, 3.63) is 77.0 Å². The highest BCUT2D eigenvalue weighted by molar-refractivity contribution is 5.79. The van der Waals surface area contributed by atoms with Crippen molar-refractivity contribution in [2.24, 2.45) is 0 Å². The molecule has 1 fully saturated rings. The van der Waals surface area contributed by atoms with Crippen LogP contribution in [0.5, 0.6) is 0 Å². The molecule has 32 heavy (non-hydrogen) atoms. The Morgan fingerprint density at radius 1 is 0.969 bits per heavy atom. The number of nitrogens with zero attached hydrogens (tertiary/aromatic N) is 4. The molecule has 2 heterocycles. The minimum Gasteiger partial charge on any atom is -0.340 e. The molecule has 0 spiro atoms. The van der Waals surface area contributed by atoms with Gasteiger partial charge in [0.1, 0.15) is 17.5 Å². The van der Waals surface area contributed by atoms with Gasteiger partial charge in [0.2, 0.25) is 11.9 Å². The fourth-order valence-electron chi connectivity index (χ4n) is 3.64. The zero-order valence-corrected chi connectivity index (χ0v) is 18.1. The van der Waals surface area contributed by atoms with Crippen LogP contribution in [0.4, 0.5) is 26.2 Å². The van der Waals surface area contributed by atoms with E-state index in [1.807, 2.05) is 49.1 Å². The monoisotopic (exact) mass is 437 g/mol. The van der Waals surface area contributed by atoms with Gasteiger partial charge in [-0.3, -0.25) is 4.79 Å². The Labute approximate surface area is 185 Å². The number of aromatic nitrogens is 2. The van der Waals surface area contributed by atoms with E-state index < -0.39 is 11.6 Å². The molecule has 1 amide bonds. The number of hydrogen-bond acceptors (Lipinski definition) is 5. The second-order valence-corrected chi connectivity index (χ2v) is 7.97. The van der Waals surface area contributed by atoms with Crippen molar-refractivity contribution < 1.29 is 13.6 Å². The second-order valence-electron chi connectivity index (χ2n) is 7.97. The number of aryl methyl sites for hydroxylation is 2. The molecule has 0 atom stereocenters. The second kappa shape index (κ2) is 9.30. The Bertz CT molecular complexity index is 1110. The van der Waals surface area contributed by atoms with Gasteiger partial charge in [0.05, 0.1) is 6.42 Å². The molecule has 166 valence electrons. The van der Waals surface area contributed by atoms with Gasteiger partial charge in [0, 0.05) is 49.7 Å². The topological polar surface area (TPSA) is 61.4 Å². The summed E-state index contributed by atoms with van der Waals surface area (Å²) in [7, 11) is 0. The van der Waals surface area contributed by atoms with Gasteiger partial charge in [-0.05, 0) is 37.6 Å². The smallest absolute Gasteiger partial charge is 0.227 e. The van der Waals surface area contributed by atoms with Gasteiger partial charge in [-0.2, -0.15) is 4.98 Å². The van der Waals surface area contributed by atoms with E-state index in [0.29, 0.717) is 37.9 Å². The third-order valence-electron chi connectivity index (χ3n) is 5.44. The predicted octanol–water partition coefficient (Wildman–Crippen LogP) is 4.01. The van der Waals surface area contributed by atoms with Crippen LogP contribution in [0.1, 0.15) is 16.8 Å². The van der Waals surface area contributed by atoms with Gasteiger partial charge >= 0.3 is 0 Å². The van der Waals surface area contributed by atoms with E-state index in [9.17, 15) is 13.6 Å². The minimum absolute atomic E-state index is 0.0856. The number of benzene rings is 2. The van der Waals surface area contributed by atoms with Gasteiger partial charge in [0.15, 0.2) is 0 Å². The number of carbonyl (C=O) groups is 1. The number of anilines is 3. The number of hydrogen-bond donors (Lipinski definition) is 1. The van der Waals surface area contributed by atoms with Gasteiger partial charge in [-0.25, -0.2) is 13.8 Å². The lowest BCUT2D eigenvalue weighted by atomic mass is 10.1. The van der Waals surface area contributed by atoms with Gasteiger partial charge in [-0.15, -0.1) is 0 Å². The summed E-state index contributed by atoms with van der Waals surface area (Å²) in [4.78, 5) is 25.5. The van der Waals surface area contributed by atoms with Crippen LogP contribution in [0.25, 0.3) is 0 Å². The highest BCUT2D eigenvalue weighted by atomic mass is 19.1. The number of carbonyl (C=O) groups excluding carboxylic acids is 1. The lowest BCUT2D eigenvalue weighted by Gasteiger charge is -2.35. The number of halogens is 2. The molecule has 6 nitrogen and oxygen atoms in total. The molecule has 1 aliphatic heterocycles. The van der Waals surface area contributed by atoms with Gasteiger partial charge in [-0.1, -0.05) is 23.8 Å². The zero-order valence-electron chi connectivity index (χ0n) is 18.1. The average Bonchev–Trinajstić information content (AvgIpc) is 2.77. The van der Waals surface area contributed by atoms with E-state index in [4.69, 9.17) is 0 Å². The molecular weight excluding hydrogens is 412 g/mol. The first kappa shape index (κ1) is 21.7. The van der Waals surface area contributed by atoms with Crippen molar-refractivity contribution in [1.29, 1.82) is 0 Å². The van der Waals surface area contributed by atoms with Gasteiger partial charge in [0.25, 0.3) is 0 Å². The lowest BCUT2D eigenvalue weighted by molar-refractivity contribution is -0.130. The van der Waals surface area contributed by atoms with Crippen LogP contribution in [0.3, 0.4) is 0 Å². The van der Waals surface area contributed by atoms with Gasteiger partial charge < -0.3 is 15.1 Å². The fraction of sp³-hybridized carbons (Fsp3) is 0.292. The Morgan fingerprint density at radius 3 is 2.38 bits per heavy atom. The third-order valence-corrected chi connectivity index (χ3v) is 5.44. The van der Waals surface area contributed by atoms with E-state index in [1.54, 1.807) is 4.90 Å². The molecule has 1 aliphatic rings. The summed E-state index contributed by atoms with van der Waals surface area (Å²) in [5, 5.41) is 3.31. The maximum Gasteiger partial charge on any atom is 0.227 e. The maximum atomic E-state index is 13.9. The third kappa shape index (κ3) is 5.19. The molecule has 3 aromatic rings. The van der Waals surface area contributed by atoms with Crippen LogP contribution in [0.15, 0.2) is 48.5 Å². The number of amides is 1. The van der Waals surface area contributed by atoms with Crippen molar-refractivity contribution in [2.45, 2.75) is 20.3 Å². The summed E-state index contributed by atoms with van der Waals surface area (Å²) < 4.78 is 27.0. The highest BCUT2D eigenvalue weighted by Gasteiger charge is 2.24.